The van der Waals surface area contributed by atoms with Gasteiger partial charge in [-0.2, -0.15) is 4.31 Å². The number of piperazine rings is 1. The minimum atomic E-state index is -3.53. The van der Waals surface area contributed by atoms with Crippen molar-refractivity contribution in [3.63, 3.8) is 0 Å². The molecule has 2 heterocycles. The van der Waals surface area contributed by atoms with E-state index >= 15 is 0 Å². The van der Waals surface area contributed by atoms with Gasteiger partial charge in [0, 0.05) is 56.3 Å². The highest BCUT2D eigenvalue weighted by molar-refractivity contribution is 7.89. The number of carbonyl (C=O) groups is 1. The van der Waals surface area contributed by atoms with E-state index in [2.05, 4.69) is 4.90 Å². The lowest BCUT2D eigenvalue weighted by Gasteiger charge is -2.40. The van der Waals surface area contributed by atoms with E-state index in [1.165, 1.54) is 30.0 Å². The Hall–Kier alpha value is -1.15. The molecule has 1 amide bonds. The first kappa shape index (κ1) is 21.1. The number of benzene rings is 1. The van der Waals surface area contributed by atoms with Crippen LogP contribution in [0.1, 0.15) is 38.5 Å². The summed E-state index contributed by atoms with van der Waals surface area (Å²) in [6, 6.07) is 6.98. The molecule has 3 fully saturated rings. The van der Waals surface area contributed by atoms with E-state index < -0.39 is 10.0 Å². The molecular weight excluding hydrogens is 410 g/mol. The Kier molecular flexibility index (Phi) is 6.49. The molecule has 0 aromatic heterocycles. The summed E-state index contributed by atoms with van der Waals surface area (Å²) < 4.78 is 27.1. The van der Waals surface area contributed by atoms with Crippen LogP contribution in [0.25, 0.3) is 0 Å². The highest BCUT2D eigenvalue weighted by Gasteiger charge is 2.35. The van der Waals surface area contributed by atoms with E-state index in [9.17, 15) is 13.2 Å². The maximum atomic E-state index is 13.0. The average molecular weight is 440 g/mol. The summed E-state index contributed by atoms with van der Waals surface area (Å²) in [7, 11) is -3.53. The number of sulfonamides is 1. The second kappa shape index (κ2) is 8.92. The van der Waals surface area contributed by atoms with Gasteiger partial charge in [-0.1, -0.05) is 24.4 Å². The molecule has 8 heteroatoms. The van der Waals surface area contributed by atoms with Crippen LogP contribution in [0.5, 0.6) is 0 Å². The lowest BCUT2D eigenvalue weighted by Crippen LogP contribution is -2.53. The van der Waals surface area contributed by atoms with Gasteiger partial charge in [0.2, 0.25) is 15.9 Å². The van der Waals surface area contributed by atoms with Gasteiger partial charge in [-0.15, -0.1) is 0 Å². The van der Waals surface area contributed by atoms with Crippen LogP contribution in [0.3, 0.4) is 0 Å². The molecule has 0 atom stereocenters. The van der Waals surface area contributed by atoms with E-state index in [0.717, 1.165) is 26.2 Å². The molecule has 29 heavy (non-hydrogen) atoms. The van der Waals surface area contributed by atoms with Crippen LogP contribution in [0.4, 0.5) is 0 Å². The van der Waals surface area contributed by atoms with Crippen molar-refractivity contribution >= 4 is 27.5 Å². The van der Waals surface area contributed by atoms with Gasteiger partial charge in [-0.3, -0.25) is 9.69 Å². The van der Waals surface area contributed by atoms with E-state index in [1.54, 1.807) is 24.3 Å². The van der Waals surface area contributed by atoms with Crippen LogP contribution in [0, 0.1) is 5.92 Å². The largest absolute Gasteiger partial charge is 0.340 e. The molecular formula is C21H30ClN3O3S. The SMILES string of the molecule is O=C(C1CCN(S(=O)(=O)c2ccc(Cl)cc2)CC1)N1CCN(C2CCCC2)CC1. The first-order chi connectivity index (χ1) is 13.9. The normalized spacial score (nSPS) is 23.6. The monoisotopic (exact) mass is 439 g/mol. The fourth-order valence-electron chi connectivity index (χ4n) is 4.93. The zero-order chi connectivity index (χ0) is 20.4. The highest BCUT2D eigenvalue weighted by atomic mass is 35.5. The molecule has 3 aliphatic rings. The molecule has 0 spiro atoms. The van der Waals surface area contributed by atoms with E-state index in [4.69, 9.17) is 11.6 Å². The zero-order valence-electron chi connectivity index (χ0n) is 16.8. The number of hydrogen-bond donors (Lipinski definition) is 0. The lowest BCUT2D eigenvalue weighted by molar-refractivity contribution is -0.138. The Morgan fingerprint density at radius 3 is 2.03 bits per heavy atom. The predicted octanol–water partition coefficient (Wildman–Crippen LogP) is 2.83. The number of amides is 1. The smallest absolute Gasteiger partial charge is 0.243 e. The molecule has 1 aromatic rings. The minimum Gasteiger partial charge on any atom is -0.340 e. The van der Waals surface area contributed by atoms with Crippen molar-refractivity contribution in [1.82, 2.24) is 14.1 Å². The van der Waals surface area contributed by atoms with Crippen molar-refractivity contribution in [2.75, 3.05) is 39.3 Å². The number of rotatable bonds is 4. The van der Waals surface area contributed by atoms with Crippen LogP contribution in [-0.2, 0) is 14.8 Å². The molecule has 2 saturated heterocycles. The lowest BCUT2D eigenvalue weighted by atomic mass is 9.96. The zero-order valence-corrected chi connectivity index (χ0v) is 18.4. The molecule has 0 radical (unpaired) electrons. The summed E-state index contributed by atoms with van der Waals surface area (Å²) in [5.41, 5.74) is 0. The summed E-state index contributed by atoms with van der Waals surface area (Å²) in [6.07, 6.45) is 6.45. The predicted molar refractivity (Wildman–Crippen MR) is 113 cm³/mol. The van der Waals surface area contributed by atoms with Gasteiger partial charge in [-0.05, 0) is 49.9 Å². The Morgan fingerprint density at radius 2 is 1.45 bits per heavy atom. The molecule has 2 aliphatic heterocycles. The molecule has 1 aromatic carbocycles. The molecule has 0 bridgehead atoms. The van der Waals surface area contributed by atoms with Gasteiger partial charge in [0.15, 0.2) is 0 Å². The third-order valence-electron chi connectivity index (χ3n) is 6.72. The summed E-state index contributed by atoms with van der Waals surface area (Å²) in [5, 5.41) is 0.515. The Morgan fingerprint density at radius 1 is 0.862 bits per heavy atom. The summed E-state index contributed by atoms with van der Waals surface area (Å²) >= 11 is 5.87. The van der Waals surface area contributed by atoms with E-state index in [0.29, 0.717) is 37.0 Å². The third-order valence-corrected chi connectivity index (χ3v) is 8.89. The van der Waals surface area contributed by atoms with Crippen LogP contribution in [-0.4, -0.2) is 73.7 Å². The van der Waals surface area contributed by atoms with Crippen molar-refractivity contribution in [2.24, 2.45) is 5.92 Å². The topological polar surface area (TPSA) is 60.9 Å². The standard InChI is InChI=1S/C21H30ClN3O3S/c22-18-5-7-20(8-6-18)29(27,28)25-11-9-17(10-12-25)21(26)24-15-13-23(14-16-24)19-3-1-2-4-19/h5-8,17,19H,1-4,9-16H2. The first-order valence-electron chi connectivity index (χ1n) is 10.7. The minimum absolute atomic E-state index is 0.0651. The van der Waals surface area contributed by atoms with Gasteiger partial charge in [0.05, 0.1) is 4.90 Å². The number of nitrogens with zero attached hydrogens (tertiary/aromatic N) is 3. The molecule has 0 N–H and O–H groups in total. The third kappa shape index (κ3) is 4.63. The highest BCUT2D eigenvalue weighted by Crippen LogP contribution is 2.28. The quantitative estimate of drug-likeness (QED) is 0.723. The van der Waals surface area contributed by atoms with E-state index in [-0.39, 0.29) is 16.7 Å². The van der Waals surface area contributed by atoms with Crippen molar-refractivity contribution in [3.05, 3.63) is 29.3 Å². The van der Waals surface area contributed by atoms with Crippen molar-refractivity contribution in [2.45, 2.75) is 49.5 Å². The molecule has 1 aliphatic carbocycles. The van der Waals surface area contributed by atoms with Crippen LogP contribution in [0.15, 0.2) is 29.2 Å². The second-order valence-electron chi connectivity index (χ2n) is 8.43. The number of halogens is 1. The molecule has 1 saturated carbocycles. The van der Waals surface area contributed by atoms with Gasteiger partial charge in [0.25, 0.3) is 0 Å². The van der Waals surface area contributed by atoms with Crippen molar-refractivity contribution in [3.8, 4) is 0 Å². The van der Waals surface area contributed by atoms with Crippen LogP contribution < -0.4 is 0 Å². The fourth-order valence-corrected chi connectivity index (χ4v) is 6.53. The van der Waals surface area contributed by atoms with Gasteiger partial charge in [-0.25, -0.2) is 8.42 Å². The Balaban J connectivity index is 1.29. The van der Waals surface area contributed by atoms with Crippen molar-refractivity contribution in [1.29, 1.82) is 0 Å². The van der Waals surface area contributed by atoms with Crippen LogP contribution in [0.2, 0.25) is 5.02 Å². The maximum absolute atomic E-state index is 13.0. The Labute approximate surface area is 178 Å². The molecule has 0 unspecified atom stereocenters. The van der Waals surface area contributed by atoms with Gasteiger partial charge in [0.1, 0.15) is 0 Å². The molecule has 6 nitrogen and oxygen atoms in total. The summed E-state index contributed by atoms with van der Waals surface area (Å²) in [5.74, 6) is 0.143. The number of carbonyl (C=O) groups excluding carboxylic acids is 1. The Bertz CT molecular complexity index is 808. The summed E-state index contributed by atoms with van der Waals surface area (Å²) in [4.78, 5) is 17.8. The fraction of sp³-hybridized carbons (Fsp3) is 0.667. The number of hydrogen-bond acceptors (Lipinski definition) is 4. The second-order valence-corrected chi connectivity index (χ2v) is 10.8. The van der Waals surface area contributed by atoms with Crippen LogP contribution >= 0.6 is 11.6 Å². The summed E-state index contributed by atoms with van der Waals surface area (Å²) in [6.45, 7) is 4.34. The molecule has 160 valence electrons. The van der Waals surface area contributed by atoms with E-state index in [1.807, 2.05) is 4.90 Å². The number of piperidine rings is 1. The first-order valence-corrected chi connectivity index (χ1v) is 12.6. The van der Waals surface area contributed by atoms with Gasteiger partial charge < -0.3 is 4.90 Å². The van der Waals surface area contributed by atoms with Gasteiger partial charge >= 0.3 is 0 Å². The average Bonchev–Trinajstić information content (AvgIpc) is 3.29. The van der Waals surface area contributed by atoms with Crippen molar-refractivity contribution < 1.29 is 13.2 Å². The maximum Gasteiger partial charge on any atom is 0.243 e. The molecule has 4 rings (SSSR count).